The summed E-state index contributed by atoms with van der Waals surface area (Å²) in [6.45, 7) is 5.11. The molecule has 1 aromatic heterocycles. The van der Waals surface area contributed by atoms with Crippen molar-refractivity contribution in [3.05, 3.63) is 12.5 Å². The molecule has 0 bridgehead atoms. The third kappa shape index (κ3) is 2.24. The molecule has 2 N–H and O–H groups in total. The van der Waals surface area contributed by atoms with Gasteiger partial charge in [-0.2, -0.15) is 0 Å². The van der Waals surface area contributed by atoms with E-state index in [1.54, 1.807) is 0 Å². The molecule has 1 aliphatic heterocycles. The molecule has 0 saturated carbocycles. The Kier molecular flexibility index (Phi) is 2.96. The summed E-state index contributed by atoms with van der Waals surface area (Å²) in [5, 5.41) is 9.59. The normalized spacial score (nSPS) is 24.0. The van der Waals surface area contributed by atoms with E-state index < -0.39 is 0 Å². The molecule has 0 spiro atoms. The second-order valence-electron chi connectivity index (χ2n) is 4.88. The highest BCUT2D eigenvalue weighted by Gasteiger charge is 2.37. The number of hydrogen-bond donors (Lipinski definition) is 2. The maximum atomic E-state index is 12.0. The summed E-state index contributed by atoms with van der Waals surface area (Å²) in [6.07, 6.45) is 5.09. The smallest absolute Gasteiger partial charge is 0.242 e. The zero-order valence-corrected chi connectivity index (χ0v) is 9.62. The van der Waals surface area contributed by atoms with Gasteiger partial charge in [-0.25, -0.2) is 0 Å². The molecular weight excluding hydrogens is 206 g/mol. The molecule has 1 amide bonds. The number of anilines is 1. The molecule has 0 radical (unpaired) electrons. The van der Waals surface area contributed by atoms with Gasteiger partial charge in [-0.05, 0) is 24.8 Å². The Labute approximate surface area is 94.6 Å². The van der Waals surface area contributed by atoms with Gasteiger partial charge < -0.3 is 15.2 Å². The molecule has 2 rings (SSSR count). The molecule has 1 aliphatic rings. The standard InChI is InChI=1S/C11H17N3O2/c1-11(2)4-3-5-12-9(11)10(15)14-8-6-13-16-7-8/h6-7,9,12H,3-5H2,1-2H3,(H,14,15). The Morgan fingerprint density at radius 3 is 3.12 bits per heavy atom. The van der Waals surface area contributed by atoms with Crippen LogP contribution in [0.4, 0.5) is 5.69 Å². The van der Waals surface area contributed by atoms with Crippen LogP contribution in [0.1, 0.15) is 26.7 Å². The minimum atomic E-state index is -0.156. The quantitative estimate of drug-likeness (QED) is 0.795. The van der Waals surface area contributed by atoms with E-state index in [1.807, 2.05) is 0 Å². The Hall–Kier alpha value is -1.36. The molecule has 1 fully saturated rings. The van der Waals surface area contributed by atoms with Crippen molar-refractivity contribution in [2.24, 2.45) is 5.41 Å². The second kappa shape index (κ2) is 4.25. The fourth-order valence-electron chi connectivity index (χ4n) is 2.14. The summed E-state index contributed by atoms with van der Waals surface area (Å²) in [6, 6.07) is -0.156. The van der Waals surface area contributed by atoms with Gasteiger partial charge in [0, 0.05) is 0 Å². The number of amides is 1. The molecule has 1 atom stereocenters. The van der Waals surface area contributed by atoms with Crippen molar-refractivity contribution >= 4 is 11.6 Å². The lowest BCUT2D eigenvalue weighted by atomic mass is 9.77. The predicted molar refractivity (Wildman–Crippen MR) is 59.9 cm³/mol. The number of nitrogens with one attached hydrogen (secondary N) is 2. The van der Waals surface area contributed by atoms with Crippen LogP contribution in [0.25, 0.3) is 0 Å². The zero-order valence-electron chi connectivity index (χ0n) is 9.62. The third-order valence-corrected chi connectivity index (χ3v) is 3.09. The van der Waals surface area contributed by atoms with E-state index >= 15 is 0 Å². The van der Waals surface area contributed by atoms with E-state index in [2.05, 4.69) is 34.2 Å². The van der Waals surface area contributed by atoms with Crippen LogP contribution in [-0.4, -0.2) is 23.7 Å². The maximum absolute atomic E-state index is 12.0. The van der Waals surface area contributed by atoms with Gasteiger partial charge >= 0.3 is 0 Å². The summed E-state index contributed by atoms with van der Waals surface area (Å²) in [4.78, 5) is 12.0. The molecule has 2 heterocycles. The Balaban J connectivity index is 2.03. The van der Waals surface area contributed by atoms with Gasteiger partial charge in [0.2, 0.25) is 5.91 Å². The second-order valence-corrected chi connectivity index (χ2v) is 4.88. The van der Waals surface area contributed by atoms with Crippen LogP contribution in [0.15, 0.2) is 17.0 Å². The predicted octanol–water partition coefficient (Wildman–Crippen LogP) is 1.39. The highest BCUT2D eigenvalue weighted by molar-refractivity contribution is 5.95. The van der Waals surface area contributed by atoms with Crippen LogP contribution in [0.5, 0.6) is 0 Å². The Bertz CT molecular complexity index is 359. The molecule has 0 aromatic carbocycles. The molecule has 88 valence electrons. The topological polar surface area (TPSA) is 67.2 Å². The van der Waals surface area contributed by atoms with E-state index in [9.17, 15) is 4.79 Å². The highest BCUT2D eigenvalue weighted by Crippen LogP contribution is 2.30. The van der Waals surface area contributed by atoms with E-state index in [4.69, 9.17) is 0 Å². The van der Waals surface area contributed by atoms with Crippen molar-refractivity contribution in [3.63, 3.8) is 0 Å². The average molecular weight is 223 g/mol. The molecule has 5 nitrogen and oxygen atoms in total. The molecule has 5 heteroatoms. The van der Waals surface area contributed by atoms with Crippen LogP contribution in [0, 0.1) is 5.41 Å². The number of hydrogen-bond acceptors (Lipinski definition) is 4. The third-order valence-electron chi connectivity index (χ3n) is 3.09. The van der Waals surface area contributed by atoms with Crippen LogP contribution in [0.3, 0.4) is 0 Å². The van der Waals surface area contributed by atoms with Gasteiger partial charge in [-0.15, -0.1) is 0 Å². The first-order chi connectivity index (χ1) is 7.59. The summed E-state index contributed by atoms with van der Waals surface area (Å²) < 4.78 is 4.67. The Morgan fingerprint density at radius 1 is 1.69 bits per heavy atom. The lowest BCUT2D eigenvalue weighted by Crippen LogP contribution is -2.53. The molecule has 16 heavy (non-hydrogen) atoms. The first kappa shape index (κ1) is 11.1. The zero-order chi connectivity index (χ0) is 11.6. The van der Waals surface area contributed by atoms with Gasteiger partial charge in [-0.3, -0.25) is 4.79 Å². The van der Waals surface area contributed by atoms with Gasteiger partial charge in [-0.1, -0.05) is 19.0 Å². The monoisotopic (exact) mass is 223 g/mol. The molecule has 1 aromatic rings. The van der Waals surface area contributed by atoms with Gasteiger partial charge in [0.05, 0.1) is 12.2 Å². The van der Waals surface area contributed by atoms with Crippen LogP contribution < -0.4 is 10.6 Å². The molecule has 1 saturated heterocycles. The minimum Gasteiger partial charge on any atom is -0.363 e. The summed E-state index contributed by atoms with van der Waals surface area (Å²) >= 11 is 0. The van der Waals surface area contributed by atoms with E-state index in [1.165, 1.54) is 12.5 Å². The number of rotatable bonds is 2. The fraction of sp³-hybridized carbons (Fsp3) is 0.636. The highest BCUT2D eigenvalue weighted by atomic mass is 16.5. The van der Waals surface area contributed by atoms with Gasteiger partial charge in [0.25, 0.3) is 0 Å². The van der Waals surface area contributed by atoms with E-state index in [0.29, 0.717) is 5.69 Å². The van der Waals surface area contributed by atoms with Gasteiger partial charge in [0.1, 0.15) is 12.0 Å². The van der Waals surface area contributed by atoms with Crippen molar-refractivity contribution < 1.29 is 9.32 Å². The van der Waals surface area contributed by atoms with Crippen LogP contribution >= 0.6 is 0 Å². The fourth-order valence-corrected chi connectivity index (χ4v) is 2.14. The number of aromatic nitrogens is 1. The molecular formula is C11H17N3O2. The average Bonchev–Trinajstić information content (AvgIpc) is 2.69. The van der Waals surface area contributed by atoms with Crippen molar-refractivity contribution in [1.29, 1.82) is 0 Å². The maximum Gasteiger partial charge on any atom is 0.242 e. The van der Waals surface area contributed by atoms with Crippen molar-refractivity contribution in [2.75, 3.05) is 11.9 Å². The molecule has 0 aliphatic carbocycles. The van der Waals surface area contributed by atoms with Crippen LogP contribution in [0.2, 0.25) is 0 Å². The van der Waals surface area contributed by atoms with Crippen molar-refractivity contribution in [1.82, 2.24) is 10.5 Å². The van der Waals surface area contributed by atoms with Crippen molar-refractivity contribution in [3.8, 4) is 0 Å². The first-order valence-corrected chi connectivity index (χ1v) is 5.53. The largest absolute Gasteiger partial charge is 0.363 e. The van der Waals surface area contributed by atoms with Crippen LogP contribution in [-0.2, 0) is 4.79 Å². The minimum absolute atomic E-state index is 0.0144. The van der Waals surface area contributed by atoms with E-state index in [0.717, 1.165) is 19.4 Å². The number of nitrogens with zero attached hydrogens (tertiary/aromatic N) is 1. The van der Waals surface area contributed by atoms with Gasteiger partial charge in [0.15, 0.2) is 0 Å². The first-order valence-electron chi connectivity index (χ1n) is 5.53. The summed E-state index contributed by atoms with van der Waals surface area (Å²) in [5.41, 5.74) is 0.590. The number of carbonyl (C=O) groups is 1. The van der Waals surface area contributed by atoms with Crippen molar-refractivity contribution in [2.45, 2.75) is 32.7 Å². The summed E-state index contributed by atoms with van der Waals surface area (Å²) in [7, 11) is 0. The Morgan fingerprint density at radius 2 is 2.50 bits per heavy atom. The molecule has 1 unspecified atom stereocenters. The lowest BCUT2D eigenvalue weighted by molar-refractivity contribution is -0.121. The van der Waals surface area contributed by atoms with E-state index in [-0.39, 0.29) is 17.4 Å². The SMILES string of the molecule is CC1(C)CCCNC1C(=O)Nc1cnoc1. The summed E-state index contributed by atoms with van der Waals surface area (Å²) in [5.74, 6) is -0.0205. The lowest BCUT2D eigenvalue weighted by Gasteiger charge is -2.38. The number of piperidine rings is 1. The number of carbonyl (C=O) groups excluding carboxylic acids is 1.